The van der Waals surface area contributed by atoms with Crippen LogP contribution in [0.3, 0.4) is 0 Å². The predicted molar refractivity (Wildman–Crippen MR) is 70.8 cm³/mol. The van der Waals surface area contributed by atoms with Crippen molar-refractivity contribution in [3.63, 3.8) is 0 Å². The molecule has 1 atom stereocenters. The number of rotatable bonds is 6. The van der Waals surface area contributed by atoms with Crippen molar-refractivity contribution >= 4 is 11.6 Å². The van der Waals surface area contributed by atoms with Gasteiger partial charge in [-0.15, -0.1) is 0 Å². The molecule has 0 fully saturated rings. The molecule has 1 aromatic rings. The third-order valence-corrected chi connectivity index (χ3v) is 2.92. The number of benzene rings is 1. The topological polar surface area (TPSA) is 15.3 Å². The SMILES string of the molecule is CNCC(C)CN(C)Cc1ccc(Cl)c(F)c1. The summed E-state index contributed by atoms with van der Waals surface area (Å²) in [5.41, 5.74) is 0.950. The number of hydrogen-bond acceptors (Lipinski definition) is 2. The molecular formula is C13H20ClFN2. The standard InChI is InChI=1S/C13H20ClFN2/c1-10(7-16-2)8-17(3)9-11-4-5-12(14)13(15)6-11/h4-6,10,16H,7-9H2,1-3H3. The number of nitrogens with one attached hydrogen (secondary N) is 1. The Morgan fingerprint density at radius 3 is 2.76 bits per heavy atom. The van der Waals surface area contributed by atoms with Gasteiger partial charge in [0, 0.05) is 13.1 Å². The van der Waals surface area contributed by atoms with Crippen molar-refractivity contribution in [1.82, 2.24) is 10.2 Å². The molecule has 0 amide bonds. The Hall–Kier alpha value is -0.640. The molecule has 0 spiro atoms. The molecule has 0 aliphatic carbocycles. The fraction of sp³-hybridized carbons (Fsp3) is 0.538. The molecule has 1 aromatic carbocycles. The summed E-state index contributed by atoms with van der Waals surface area (Å²) in [5, 5.41) is 3.33. The monoisotopic (exact) mass is 258 g/mol. The third kappa shape index (κ3) is 5.02. The molecule has 1 rings (SSSR count). The highest BCUT2D eigenvalue weighted by atomic mass is 35.5. The molecule has 4 heteroatoms. The Kier molecular flexibility index (Phi) is 5.89. The molecule has 2 nitrogen and oxygen atoms in total. The lowest BCUT2D eigenvalue weighted by molar-refractivity contribution is 0.276. The average Bonchev–Trinajstić information content (AvgIpc) is 2.23. The Balaban J connectivity index is 2.50. The maximum Gasteiger partial charge on any atom is 0.142 e. The maximum atomic E-state index is 13.3. The molecule has 0 aliphatic heterocycles. The van der Waals surface area contributed by atoms with E-state index in [2.05, 4.69) is 17.1 Å². The third-order valence-electron chi connectivity index (χ3n) is 2.61. The molecule has 0 radical (unpaired) electrons. The van der Waals surface area contributed by atoms with Crippen LogP contribution in [-0.4, -0.2) is 32.1 Å². The van der Waals surface area contributed by atoms with E-state index in [0.29, 0.717) is 5.92 Å². The number of nitrogens with zero attached hydrogens (tertiary/aromatic N) is 1. The highest BCUT2D eigenvalue weighted by Crippen LogP contribution is 2.16. The molecule has 1 N–H and O–H groups in total. The first kappa shape index (κ1) is 14.4. The molecular weight excluding hydrogens is 239 g/mol. The zero-order valence-electron chi connectivity index (χ0n) is 10.6. The Morgan fingerprint density at radius 1 is 1.47 bits per heavy atom. The van der Waals surface area contributed by atoms with Crippen LogP contribution >= 0.6 is 11.6 Å². The van der Waals surface area contributed by atoms with Crippen molar-refractivity contribution in [2.75, 3.05) is 27.2 Å². The van der Waals surface area contributed by atoms with E-state index in [0.717, 1.165) is 25.2 Å². The van der Waals surface area contributed by atoms with E-state index in [-0.39, 0.29) is 10.8 Å². The second-order valence-electron chi connectivity index (χ2n) is 4.61. The summed E-state index contributed by atoms with van der Waals surface area (Å²) in [5.74, 6) is 0.225. The Labute approximate surface area is 108 Å². The summed E-state index contributed by atoms with van der Waals surface area (Å²) in [7, 11) is 3.99. The van der Waals surface area contributed by atoms with Crippen LogP contribution in [0.25, 0.3) is 0 Å². The van der Waals surface area contributed by atoms with Gasteiger partial charge in [-0.05, 0) is 44.3 Å². The minimum absolute atomic E-state index is 0.181. The summed E-state index contributed by atoms with van der Waals surface area (Å²) in [4.78, 5) is 2.19. The Morgan fingerprint density at radius 2 is 2.18 bits per heavy atom. The minimum Gasteiger partial charge on any atom is -0.319 e. The van der Waals surface area contributed by atoms with Gasteiger partial charge in [-0.25, -0.2) is 4.39 Å². The fourth-order valence-corrected chi connectivity index (χ4v) is 2.08. The molecule has 96 valence electrons. The quantitative estimate of drug-likeness (QED) is 0.844. The minimum atomic E-state index is -0.346. The van der Waals surface area contributed by atoms with Gasteiger partial charge in [0.1, 0.15) is 5.82 Å². The van der Waals surface area contributed by atoms with Crippen molar-refractivity contribution < 1.29 is 4.39 Å². The van der Waals surface area contributed by atoms with Crippen LogP contribution in [-0.2, 0) is 6.54 Å². The lowest BCUT2D eigenvalue weighted by Crippen LogP contribution is -2.29. The van der Waals surface area contributed by atoms with Crippen LogP contribution in [0.2, 0.25) is 5.02 Å². The molecule has 1 unspecified atom stereocenters. The van der Waals surface area contributed by atoms with Gasteiger partial charge in [0.15, 0.2) is 0 Å². The van der Waals surface area contributed by atoms with E-state index in [4.69, 9.17) is 11.6 Å². The molecule has 0 aliphatic rings. The van der Waals surface area contributed by atoms with Crippen LogP contribution in [0.5, 0.6) is 0 Å². The van der Waals surface area contributed by atoms with Gasteiger partial charge in [-0.1, -0.05) is 24.6 Å². The van der Waals surface area contributed by atoms with Crippen LogP contribution in [0, 0.1) is 11.7 Å². The van der Waals surface area contributed by atoms with Gasteiger partial charge in [0.25, 0.3) is 0 Å². The van der Waals surface area contributed by atoms with Crippen molar-refractivity contribution in [2.24, 2.45) is 5.92 Å². The van der Waals surface area contributed by atoms with Gasteiger partial charge in [-0.2, -0.15) is 0 Å². The molecule has 17 heavy (non-hydrogen) atoms. The largest absolute Gasteiger partial charge is 0.319 e. The summed E-state index contributed by atoms with van der Waals surface area (Å²) in [6.45, 7) is 4.89. The van der Waals surface area contributed by atoms with Gasteiger partial charge in [-0.3, -0.25) is 0 Å². The molecule has 0 bridgehead atoms. The summed E-state index contributed by atoms with van der Waals surface area (Å²) in [6, 6.07) is 4.98. The van der Waals surface area contributed by atoms with E-state index in [9.17, 15) is 4.39 Å². The molecule has 0 heterocycles. The number of halogens is 2. The van der Waals surface area contributed by atoms with Crippen molar-refractivity contribution in [3.05, 3.63) is 34.6 Å². The molecule has 0 saturated carbocycles. The predicted octanol–water partition coefficient (Wildman–Crippen LogP) is 2.77. The van der Waals surface area contributed by atoms with Crippen molar-refractivity contribution in [1.29, 1.82) is 0 Å². The van der Waals surface area contributed by atoms with E-state index in [1.165, 1.54) is 6.07 Å². The van der Waals surface area contributed by atoms with Crippen LogP contribution in [0.1, 0.15) is 12.5 Å². The average molecular weight is 259 g/mol. The Bertz CT molecular complexity index is 357. The highest BCUT2D eigenvalue weighted by molar-refractivity contribution is 6.30. The molecule has 0 aromatic heterocycles. The maximum absolute atomic E-state index is 13.3. The zero-order chi connectivity index (χ0) is 12.8. The van der Waals surface area contributed by atoms with Crippen LogP contribution < -0.4 is 5.32 Å². The highest BCUT2D eigenvalue weighted by Gasteiger charge is 2.07. The van der Waals surface area contributed by atoms with Gasteiger partial charge in [0.2, 0.25) is 0 Å². The van der Waals surface area contributed by atoms with E-state index in [1.54, 1.807) is 6.07 Å². The second kappa shape index (κ2) is 6.94. The fourth-order valence-electron chi connectivity index (χ4n) is 1.96. The number of hydrogen-bond donors (Lipinski definition) is 1. The van der Waals surface area contributed by atoms with Gasteiger partial charge in [0.05, 0.1) is 5.02 Å². The first-order chi connectivity index (χ1) is 8.02. The van der Waals surface area contributed by atoms with E-state index in [1.807, 2.05) is 20.2 Å². The smallest absolute Gasteiger partial charge is 0.142 e. The molecule has 0 saturated heterocycles. The summed E-state index contributed by atoms with van der Waals surface area (Å²) >= 11 is 5.65. The van der Waals surface area contributed by atoms with Crippen LogP contribution in [0.4, 0.5) is 4.39 Å². The van der Waals surface area contributed by atoms with Gasteiger partial charge < -0.3 is 10.2 Å². The second-order valence-corrected chi connectivity index (χ2v) is 5.02. The van der Waals surface area contributed by atoms with Crippen molar-refractivity contribution in [2.45, 2.75) is 13.5 Å². The first-order valence-corrected chi connectivity index (χ1v) is 6.17. The summed E-state index contributed by atoms with van der Waals surface area (Å²) in [6.07, 6.45) is 0. The lowest BCUT2D eigenvalue weighted by atomic mass is 10.1. The zero-order valence-corrected chi connectivity index (χ0v) is 11.4. The normalized spacial score (nSPS) is 13.1. The van der Waals surface area contributed by atoms with Gasteiger partial charge >= 0.3 is 0 Å². The lowest BCUT2D eigenvalue weighted by Gasteiger charge is -2.21. The summed E-state index contributed by atoms with van der Waals surface area (Å²) < 4.78 is 13.3. The first-order valence-electron chi connectivity index (χ1n) is 5.80. The van der Waals surface area contributed by atoms with Crippen molar-refractivity contribution in [3.8, 4) is 0 Å². The van der Waals surface area contributed by atoms with E-state index < -0.39 is 0 Å². The van der Waals surface area contributed by atoms with Crippen LogP contribution in [0.15, 0.2) is 18.2 Å². The van der Waals surface area contributed by atoms with E-state index >= 15 is 0 Å².